The fourth-order valence-electron chi connectivity index (χ4n) is 4.95. The number of hydrogen-bond acceptors (Lipinski definition) is 4. The Bertz CT molecular complexity index is 1540. The van der Waals surface area contributed by atoms with Crippen LogP contribution in [0.3, 0.4) is 0 Å². The van der Waals surface area contributed by atoms with Crippen molar-refractivity contribution in [2.24, 2.45) is 0 Å². The second-order valence-corrected chi connectivity index (χ2v) is 9.49. The van der Waals surface area contributed by atoms with Crippen molar-refractivity contribution in [3.05, 3.63) is 95.7 Å². The van der Waals surface area contributed by atoms with Crippen molar-refractivity contribution in [1.82, 2.24) is 9.88 Å². The van der Waals surface area contributed by atoms with Gasteiger partial charge in [0.05, 0.1) is 12.1 Å². The van der Waals surface area contributed by atoms with Crippen LogP contribution in [0.4, 0.5) is 11.4 Å². The topological polar surface area (TPSA) is 103 Å². The Morgan fingerprint density at radius 1 is 1.03 bits per heavy atom. The van der Waals surface area contributed by atoms with Gasteiger partial charge in [0.15, 0.2) is 0 Å². The van der Waals surface area contributed by atoms with Crippen molar-refractivity contribution in [3.8, 4) is 0 Å². The lowest BCUT2D eigenvalue weighted by Crippen LogP contribution is -2.46. The van der Waals surface area contributed by atoms with Crippen LogP contribution in [0, 0.1) is 6.92 Å². The number of nitrogens with zero attached hydrogens (tertiary/aromatic N) is 2. The summed E-state index contributed by atoms with van der Waals surface area (Å²) in [5.74, 6) is -1.32. The Labute approximate surface area is 220 Å². The summed E-state index contributed by atoms with van der Waals surface area (Å²) in [5.41, 5.74) is 4.40. The van der Waals surface area contributed by atoms with Crippen LogP contribution in [0.15, 0.2) is 79.0 Å². The zero-order chi connectivity index (χ0) is 26.8. The number of imide groups is 1. The lowest BCUT2D eigenvalue weighted by Gasteiger charge is -2.28. The maximum Gasteiger partial charge on any atom is 0.257 e. The number of para-hydroxylation sites is 1. The molecule has 0 aliphatic carbocycles. The van der Waals surface area contributed by atoms with Crippen molar-refractivity contribution in [3.63, 3.8) is 0 Å². The van der Waals surface area contributed by atoms with Crippen LogP contribution in [0.1, 0.15) is 34.8 Å². The molecule has 0 saturated carbocycles. The Hall–Kier alpha value is -4.72. The molecule has 8 nitrogen and oxygen atoms in total. The van der Waals surface area contributed by atoms with Crippen molar-refractivity contribution < 1.29 is 19.2 Å². The molecular formula is C30H28N4O4. The number of anilines is 2. The van der Waals surface area contributed by atoms with Gasteiger partial charge in [-0.3, -0.25) is 19.2 Å². The highest BCUT2D eigenvalue weighted by atomic mass is 16.2. The fraction of sp³-hybridized carbons (Fsp3) is 0.200. The Morgan fingerprint density at radius 2 is 1.79 bits per heavy atom. The number of carbonyl (C=O) groups is 4. The van der Waals surface area contributed by atoms with Crippen LogP contribution < -0.4 is 10.2 Å². The third kappa shape index (κ3) is 4.93. The predicted molar refractivity (Wildman–Crippen MR) is 146 cm³/mol. The molecule has 1 aromatic heterocycles. The minimum atomic E-state index is -0.921. The standard InChI is InChI=1S/C30H28N4O4/c1-19-6-5-7-21(16-19)29(37)33(15-14-22-18-31-26-9-4-3-8-25(22)26)27-17-28(36)34(30(27)38)24-12-10-23(11-13-24)32-20(2)35/h3-13,16,18,27,31H,14-15,17H2,1-2H3,(H,32,35). The molecule has 38 heavy (non-hydrogen) atoms. The Morgan fingerprint density at radius 3 is 2.53 bits per heavy atom. The summed E-state index contributed by atoms with van der Waals surface area (Å²) in [4.78, 5) is 57.7. The number of H-pyrrole nitrogens is 1. The summed E-state index contributed by atoms with van der Waals surface area (Å²) >= 11 is 0. The molecule has 4 aromatic rings. The number of benzene rings is 3. The van der Waals surface area contributed by atoms with Gasteiger partial charge in [-0.2, -0.15) is 0 Å². The molecule has 8 heteroatoms. The monoisotopic (exact) mass is 508 g/mol. The summed E-state index contributed by atoms with van der Waals surface area (Å²) in [6.45, 7) is 3.58. The van der Waals surface area contributed by atoms with Gasteiger partial charge in [0.2, 0.25) is 11.8 Å². The number of aromatic amines is 1. The largest absolute Gasteiger partial charge is 0.361 e. The van der Waals surface area contributed by atoms with Crippen molar-refractivity contribution >= 4 is 45.9 Å². The summed E-state index contributed by atoms with van der Waals surface area (Å²) in [5, 5.41) is 3.73. The van der Waals surface area contributed by atoms with E-state index >= 15 is 0 Å². The van der Waals surface area contributed by atoms with E-state index < -0.39 is 11.9 Å². The molecule has 0 bridgehead atoms. The van der Waals surface area contributed by atoms with E-state index in [4.69, 9.17) is 0 Å². The molecular weight excluding hydrogens is 480 g/mol. The van der Waals surface area contributed by atoms with E-state index in [9.17, 15) is 19.2 Å². The van der Waals surface area contributed by atoms with Crippen LogP contribution in [0.2, 0.25) is 0 Å². The number of rotatable bonds is 7. The van der Waals surface area contributed by atoms with E-state index in [0.717, 1.165) is 26.9 Å². The van der Waals surface area contributed by atoms with Gasteiger partial charge in [-0.25, -0.2) is 4.90 Å². The SMILES string of the molecule is CC(=O)Nc1ccc(N2C(=O)CC(N(CCc3c[nH]c4ccccc34)C(=O)c3cccc(C)c3)C2=O)cc1. The first-order valence-corrected chi connectivity index (χ1v) is 12.5. The molecule has 3 aromatic carbocycles. The van der Waals surface area contributed by atoms with Crippen molar-refractivity contribution in [1.29, 1.82) is 0 Å². The van der Waals surface area contributed by atoms with Gasteiger partial charge >= 0.3 is 0 Å². The van der Waals surface area contributed by atoms with Gasteiger partial charge in [0.25, 0.3) is 11.8 Å². The maximum absolute atomic E-state index is 13.7. The van der Waals surface area contributed by atoms with Gasteiger partial charge in [0.1, 0.15) is 6.04 Å². The maximum atomic E-state index is 13.7. The first-order chi connectivity index (χ1) is 18.3. The smallest absolute Gasteiger partial charge is 0.257 e. The molecule has 1 aliphatic heterocycles. The van der Waals surface area contributed by atoms with E-state index in [1.807, 2.05) is 49.5 Å². The summed E-state index contributed by atoms with van der Waals surface area (Å²) in [6.07, 6.45) is 2.34. The van der Waals surface area contributed by atoms with E-state index in [-0.39, 0.29) is 30.7 Å². The zero-order valence-electron chi connectivity index (χ0n) is 21.2. The zero-order valence-corrected chi connectivity index (χ0v) is 21.2. The average Bonchev–Trinajstić information content (AvgIpc) is 3.44. The van der Waals surface area contributed by atoms with E-state index in [0.29, 0.717) is 23.4 Å². The summed E-state index contributed by atoms with van der Waals surface area (Å²) in [6, 6.07) is 20.7. The highest BCUT2D eigenvalue weighted by molar-refractivity contribution is 6.23. The highest BCUT2D eigenvalue weighted by Gasteiger charge is 2.44. The summed E-state index contributed by atoms with van der Waals surface area (Å²) < 4.78 is 0. The summed E-state index contributed by atoms with van der Waals surface area (Å²) in [7, 11) is 0. The molecule has 1 aliphatic rings. The lowest BCUT2D eigenvalue weighted by atomic mass is 10.1. The van der Waals surface area contributed by atoms with Crippen LogP contribution in [0.25, 0.3) is 10.9 Å². The predicted octanol–water partition coefficient (Wildman–Crippen LogP) is 4.45. The highest BCUT2D eigenvalue weighted by Crippen LogP contribution is 2.29. The molecule has 2 N–H and O–H groups in total. The Balaban J connectivity index is 1.43. The number of carbonyl (C=O) groups excluding carboxylic acids is 4. The van der Waals surface area contributed by atoms with Crippen LogP contribution in [-0.4, -0.2) is 46.1 Å². The Kier molecular flexibility index (Phi) is 6.79. The fourth-order valence-corrected chi connectivity index (χ4v) is 4.95. The van der Waals surface area contributed by atoms with E-state index in [1.54, 1.807) is 36.4 Å². The molecule has 1 unspecified atom stereocenters. The third-order valence-electron chi connectivity index (χ3n) is 6.77. The van der Waals surface area contributed by atoms with Gasteiger partial charge in [-0.15, -0.1) is 0 Å². The molecule has 192 valence electrons. The molecule has 5 rings (SSSR count). The molecule has 2 heterocycles. The van der Waals surface area contributed by atoms with Crippen LogP contribution >= 0.6 is 0 Å². The number of amides is 4. The second-order valence-electron chi connectivity index (χ2n) is 9.49. The average molecular weight is 509 g/mol. The number of hydrogen-bond donors (Lipinski definition) is 2. The number of aryl methyl sites for hydroxylation is 1. The quantitative estimate of drug-likeness (QED) is 0.360. The number of nitrogens with one attached hydrogen (secondary N) is 2. The van der Waals surface area contributed by atoms with Gasteiger partial charge in [0, 0.05) is 41.8 Å². The minimum absolute atomic E-state index is 0.0995. The molecule has 1 atom stereocenters. The van der Waals surface area contributed by atoms with Gasteiger partial charge in [-0.1, -0.05) is 35.9 Å². The first kappa shape index (κ1) is 25.0. The van der Waals surface area contributed by atoms with E-state index in [2.05, 4.69) is 10.3 Å². The van der Waals surface area contributed by atoms with Crippen molar-refractivity contribution in [2.45, 2.75) is 32.7 Å². The van der Waals surface area contributed by atoms with Crippen LogP contribution in [0.5, 0.6) is 0 Å². The first-order valence-electron chi connectivity index (χ1n) is 12.5. The van der Waals surface area contributed by atoms with Crippen molar-refractivity contribution in [2.75, 3.05) is 16.8 Å². The molecule has 1 fully saturated rings. The van der Waals surface area contributed by atoms with E-state index in [1.165, 1.54) is 11.8 Å². The number of aromatic nitrogens is 1. The number of fused-ring (bicyclic) bond motifs is 1. The van der Waals surface area contributed by atoms with Crippen LogP contribution in [-0.2, 0) is 20.8 Å². The molecule has 1 saturated heterocycles. The molecule has 0 spiro atoms. The molecule has 0 radical (unpaired) electrons. The van der Waals surface area contributed by atoms with Gasteiger partial charge < -0.3 is 15.2 Å². The lowest BCUT2D eigenvalue weighted by molar-refractivity contribution is -0.122. The molecule has 4 amide bonds. The third-order valence-corrected chi connectivity index (χ3v) is 6.77. The second kappa shape index (κ2) is 10.3. The minimum Gasteiger partial charge on any atom is -0.361 e. The van der Waals surface area contributed by atoms with Gasteiger partial charge in [-0.05, 0) is 61.4 Å². The normalized spacial score (nSPS) is 15.2.